The largest absolute Gasteiger partial charge is 0.501 e. The summed E-state index contributed by atoms with van der Waals surface area (Å²) in [6.45, 7) is 2.40. The summed E-state index contributed by atoms with van der Waals surface area (Å²) >= 11 is 3.03. The Morgan fingerprint density at radius 1 is 1.39 bits per heavy atom. The van der Waals surface area contributed by atoms with E-state index in [0.29, 0.717) is 28.9 Å². The minimum Gasteiger partial charge on any atom is -0.501 e. The van der Waals surface area contributed by atoms with E-state index >= 15 is 0 Å². The van der Waals surface area contributed by atoms with Crippen molar-refractivity contribution >= 4 is 44.7 Å². The highest BCUT2D eigenvalue weighted by Crippen LogP contribution is 2.34. The number of carbonyl (C=O) groups is 1. The van der Waals surface area contributed by atoms with Crippen molar-refractivity contribution in [3.63, 3.8) is 0 Å². The molecule has 2 aromatic carbocycles. The molecule has 144 valence electrons. The Labute approximate surface area is 166 Å². The first-order chi connectivity index (χ1) is 13.4. The molecular weight excluding hydrogens is 434 g/mol. The number of ether oxygens (including phenoxy) is 1. The highest BCUT2D eigenvalue weighted by Gasteiger charge is 2.17. The molecule has 0 aliphatic rings. The van der Waals surface area contributed by atoms with Gasteiger partial charge in [0.05, 0.1) is 22.2 Å². The summed E-state index contributed by atoms with van der Waals surface area (Å²) in [7, 11) is 0. The molecule has 3 aromatic rings. The Kier molecular flexibility index (Phi) is 5.59. The standard InChI is InChI=1S/C18H14BrN3O6/c1-2-27-12-3-4-15-11(7-12)8-16(28-15)18(24)21-20-9-10-5-13(19)17(23)14(6-10)22(25)26/h3-9,23H,2H2,1H3,(H,21,24)/b20-9+. The lowest BCUT2D eigenvalue weighted by Gasteiger charge is -2.01. The Morgan fingerprint density at radius 2 is 2.18 bits per heavy atom. The van der Waals surface area contributed by atoms with Crippen molar-refractivity contribution in [3.05, 3.63) is 62.3 Å². The monoisotopic (exact) mass is 447 g/mol. The number of nitro groups is 1. The zero-order valence-electron chi connectivity index (χ0n) is 14.5. The Hall–Kier alpha value is -3.40. The Balaban J connectivity index is 1.75. The lowest BCUT2D eigenvalue weighted by Crippen LogP contribution is -2.16. The molecule has 28 heavy (non-hydrogen) atoms. The van der Waals surface area contributed by atoms with Gasteiger partial charge in [0.2, 0.25) is 5.75 Å². The van der Waals surface area contributed by atoms with E-state index in [9.17, 15) is 20.0 Å². The predicted octanol–water partition coefficient (Wildman–Crippen LogP) is 3.97. The fraction of sp³-hybridized carbons (Fsp3) is 0.111. The number of amides is 1. The lowest BCUT2D eigenvalue weighted by molar-refractivity contribution is -0.386. The van der Waals surface area contributed by atoms with Crippen LogP contribution in [0.5, 0.6) is 11.5 Å². The number of nitrogens with zero attached hydrogens (tertiary/aromatic N) is 2. The van der Waals surface area contributed by atoms with E-state index in [0.717, 1.165) is 6.07 Å². The summed E-state index contributed by atoms with van der Waals surface area (Å²) in [5.74, 6) is -0.350. The van der Waals surface area contributed by atoms with Crippen LogP contribution in [-0.2, 0) is 0 Å². The fourth-order valence-corrected chi connectivity index (χ4v) is 2.90. The lowest BCUT2D eigenvalue weighted by atomic mass is 10.2. The highest BCUT2D eigenvalue weighted by atomic mass is 79.9. The average Bonchev–Trinajstić information content (AvgIpc) is 3.08. The maximum atomic E-state index is 12.2. The van der Waals surface area contributed by atoms with Crippen LogP contribution in [-0.4, -0.2) is 28.8 Å². The molecule has 0 bridgehead atoms. The van der Waals surface area contributed by atoms with E-state index in [2.05, 4.69) is 26.5 Å². The molecule has 9 nitrogen and oxygen atoms in total. The minimum atomic E-state index is -0.721. The van der Waals surface area contributed by atoms with Gasteiger partial charge in [-0.1, -0.05) is 0 Å². The fourth-order valence-electron chi connectivity index (χ4n) is 2.43. The van der Waals surface area contributed by atoms with Crippen molar-refractivity contribution in [1.82, 2.24) is 5.43 Å². The number of furan rings is 1. The minimum absolute atomic E-state index is 0.0543. The first-order valence-corrected chi connectivity index (χ1v) is 8.85. The molecule has 0 fully saturated rings. The molecule has 0 atom stereocenters. The number of fused-ring (bicyclic) bond motifs is 1. The normalized spacial score (nSPS) is 11.1. The van der Waals surface area contributed by atoms with E-state index in [4.69, 9.17) is 9.15 Å². The summed E-state index contributed by atoms with van der Waals surface area (Å²) in [6.07, 6.45) is 1.21. The summed E-state index contributed by atoms with van der Waals surface area (Å²) in [4.78, 5) is 22.4. The van der Waals surface area contributed by atoms with E-state index in [1.54, 1.807) is 24.3 Å². The third kappa shape index (κ3) is 4.12. The van der Waals surface area contributed by atoms with Gasteiger partial charge in [-0.25, -0.2) is 5.43 Å². The van der Waals surface area contributed by atoms with Crippen LogP contribution in [0.25, 0.3) is 11.0 Å². The van der Waals surface area contributed by atoms with Gasteiger partial charge < -0.3 is 14.3 Å². The molecule has 2 N–H and O–H groups in total. The van der Waals surface area contributed by atoms with Crippen LogP contribution < -0.4 is 10.2 Å². The molecule has 1 heterocycles. The number of hydrazone groups is 1. The van der Waals surface area contributed by atoms with Crippen molar-refractivity contribution in [2.45, 2.75) is 6.92 Å². The molecule has 0 aliphatic carbocycles. The smallest absolute Gasteiger partial charge is 0.312 e. The zero-order valence-corrected chi connectivity index (χ0v) is 16.1. The van der Waals surface area contributed by atoms with Gasteiger partial charge in [0.1, 0.15) is 11.3 Å². The van der Waals surface area contributed by atoms with Crippen molar-refractivity contribution < 1.29 is 24.0 Å². The molecule has 0 saturated heterocycles. The molecule has 0 aliphatic heterocycles. The molecule has 10 heteroatoms. The van der Waals surface area contributed by atoms with Gasteiger partial charge >= 0.3 is 11.6 Å². The third-order valence-corrected chi connectivity index (χ3v) is 4.27. The van der Waals surface area contributed by atoms with E-state index in [-0.39, 0.29) is 10.2 Å². The maximum absolute atomic E-state index is 12.2. The highest BCUT2D eigenvalue weighted by molar-refractivity contribution is 9.10. The first-order valence-electron chi connectivity index (χ1n) is 8.05. The van der Waals surface area contributed by atoms with Crippen molar-refractivity contribution in [2.24, 2.45) is 5.10 Å². The summed E-state index contributed by atoms with van der Waals surface area (Å²) in [5, 5.41) is 25.1. The summed E-state index contributed by atoms with van der Waals surface area (Å²) < 4.78 is 11.0. The number of hydrogen-bond acceptors (Lipinski definition) is 7. The van der Waals surface area contributed by atoms with Crippen molar-refractivity contribution in [1.29, 1.82) is 0 Å². The SMILES string of the molecule is CCOc1ccc2oc(C(=O)N/N=C/c3cc(Br)c(O)c([N+](=O)[O-])c3)cc2c1. The van der Waals surface area contributed by atoms with E-state index in [1.807, 2.05) is 6.92 Å². The number of phenolic OH excluding ortho intramolecular Hbond substituents is 1. The van der Waals surface area contributed by atoms with Crippen LogP contribution in [0.15, 0.2) is 50.4 Å². The van der Waals surface area contributed by atoms with Gasteiger partial charge in [-0.3, -0.25) is 14.9 Å². The molecule has 1 aromatic heterocycles. The Bertz CT molecular complexity index is 1090. The molecule has 0 unspecified atom stereocenters. The van der Waals surface area contributed by atoms with Crippen LogP contribution in [0.1, 0.15) is 23.0 Å². The maximum Gasteiger partial charge on any atom is 0.312 e. The molecule has 3 rings (SSSR count). The number of nitro benzene ring substituents is 1. The second kappa shape index (κ2) is 8.09. The third-order valence-electron chi connectivity index (χ3n) is 3.66. The number of phenols is 1. The van der Waals surface area contributed by atoms with Gasteiger partial charge in [-0.05, 0) is 53.2 Å². The molecular formula is C18H14BrN3O6. The number of nitrogens with one attached hydrogen (secondary N) is 1. The summed E-state index contributed by atoms with van der Waals surface area (Å²) in [5.41, 5.74) is 2.64. The number of benzene rings is 2. The van der Waals surface area contributed by atoms with Crippen LogP contribution >= 0.6 is 15.9 Å². The number of hydrogen-bond donors (Lipinski definition) is 2. The van der Waals surface area contributed by atoms with E-state index < -0.39 is 22.3 Å². The number of rotatable bonds is 6. The molecule has 0 spiro atoms. The van der Waals surface area contributed by atoms with Crippen LogP contribution in [0.3, 0.4) is 0 Å². The van der Waals surface area contributed by atoms with Gasteiger partial charge in [-0.2, -0.15) is 5.10 Å². The average molecular weight is 448 g/mol. The zero-order chi connectivity index (χ0) is 20.3. The van der Waals surface area contributed by atoms with Crippen LogP contribution in [0.2, 0.25) is 0 Å². The van der Waals surface area contributed by atoms with Crippen LogP contribution in [0, 0.1) is 10.1 Å². The van der Waals surface area contributed by atoms with Crippen LogP contribution in [0.4, 0.5) is 5.69 Å². The van der Waals surface area contributed by atoms with Crippen molar-refractivity contribution in [3.8, 4) is 11.5 Å². The topological polar surface area (TPSA) is 127 Å². The molecule has 0 saturated carbocycles. The molecule has 1 amide bonds. The number of halogens is 1. The molecule has 0 radical (unpaired) electrons. The summed E-state index contributed by atoms with van der Waals surface area (Å²) in [6, 6.07) is 9.32. The predicted molar refractivity (Wildman–Crippen MR) is 105 cm³/mol. The van der Waals surface area contributed by atoms with Gasteiger partial charge in [0.15, 0.2) is 5.76 Å². The number of carbonyl (C=O) groups excluding carboxylic acids is 1. The van der Waals surface area contributed by atoms with Gasteiger partial charge in [0.25, 0.3) is 0 Å². The van der Waals surface area contributed by atoms with Gasteiger partial charge in [0, 0.05) is 17.0 Å². The quantitative estimate of drug-likeness (QED) is 0.334. The second-order valence-electron chi connectivity index (χ2n) is 5.57. The van der Waals surface area contributed by atoms with E-state index in [1.165, 1.54) is 12.3 Å². The number of aromatic hydroxyl groups is 1. The second-order valence-corrected chi connectivity index (χ2v) is 6.42. The van der Waals surface area contributed by atoms with Gasteiger partial charge in [-0.15, -0.1) is 0 Å². The Morgan fingerprint density at radius 3 is 2.89 bits per heavy atom. The first kappa shape index (κ1) is 19.4. The van der Waals surface area contributed by atoms with Crippen molar-refractivity contribution in [2.75, 3.05) is 6.61 Å².